The molecule has 3 aromatic rings. The van der Waals surface area contributed by atoms with E-state index in [-0.39, 0.29) is 0 Å². The van der Waals surface area contributed by atoms with E-state index in [0.29, 0.717) is 0 Å². The Bertz CT molecular complexity index is 741. The monoisotopic (exact) mass is 282 g/mol. The summed E-state index contributed by atoms with van der Waals surface area (Å²) in [7, 11) is 1.67. The minimum atomic E-state index is 0.771. The first-order valence-corrected chi connectivity index (χ1v) is 7.04. The van der Waals surface area contributed by atoms with E-state index in [2.05, 4.69) is 11.1 Å². The van der Waals surface area contributed by atoms with Gasteiger partial charge in [0, 0.05) is 16.0 Å². The normalized spacial score (nSPS) is 10.7. The molecule has 0 spiro atoms. The molecule has 1 aromatic heterocycles. The number of hydrogen-bond donors (Lipinski definition) is 1. The molecule has 0 saturated heterocycles. The number of benzene rings is 2. The van der Waals surface area contributed by atoms with Gasteiger partial charge < -0.3 is 10.5 Å². The summed E-state index contributed by atoms with van der Waals surface area (Å²) in [4.78, 5) is 5.77. The lowest BCUT2D eigenvalue weighted by atomic mass is 10.2. The van der Waals surface area contributed by atoms with Crippen LogP contribution in [0.1, 0.15) is 0 Å². The topological polar surface area (TPSA) is 48.1 Å². The molecule has 0 aliphatic carbocycles. The van der Waals surface area contributed by atoms with Gasteiger partial charge in [0.15, 0.2) is 0 Å². The molecule has 3 nitrogen and oxygen atoms in total. The first-order chi connectivity index (χ1) is 9.74. The molecule has 0 aliphatic rings. The number of hydrogen-bond acceptors (Lipinski definition) is 4. The van der Waals surface area contributed by atoms with Crippen LogP contribution in [-0.4, -0.2) is 12.1 Å². The predicted molar refractivity (Wildman–Crippen MR) is 83.3 cm³/mol. The highest BCUT2D eigenvalue weighted by Crippen LogP contribution is 2.29. The predicted octanol–water partition coefficient (Wildman–Crippen LogP) is 3.98. The van der Waals surface area contributed by atoms with Crippen molar-refractivity contribution in [1.82, 2.24) is 4.98 Å². The first-order valence-electron chi connectivity index (χ1n) is 6.23. The number of fused-ring (bicyclic) bond motifs is 1. The van der Waals surface area contributed by atoms with Gasteiger partial charge in [-0.25, -0.2) is 4.98 Å². The quantitative estimate of drug-likeness (QED) is 0.738. The summed E-state index contributed by atoms with van der Waals surface area (Å²) in [6, 6.07) is 17.8. The number of aromatic nitrogens is 1. The van der Waals surface area contributed by atoms with Crippen molar-refractivity contribution in [3.8, 4) is 5.75 Å². The second-order valence-corrected chi connectivity index (χ2v) is 5.47. The average Bonchev–Trinajstić information content (AvgIpc) is 2.49. The van der Waals surface area contributed by atoms with Crippen LogP contribution in [0.5, 0.6) is 5.75 Å². The summed E-state index contributed by atoms with van der Waals surface area (Å²) in [6.45, 7) is 0. The van der Waals surface area contributed by atoms with Crippen molar-refractivity contribution < 1.29 is 4.74 Å². The van der Waals surface area contributed by atoms with Gasteiger partial charge in [0.25, 0.3) is 0 Å². The molecule has 0 fully saturated rings. The molecule has 1 heterocycles. The van der Waals surface area contributed by atoms with Crippen LogP contribution < -0.4 is 10.5 Å². The number of pyridine rings is 1. The Morgan fingerprint density at radius 3 is 2.55 bits per heavy atom. The standard InChI is InChI=1S/C16H14N2OS/c1-19-13-5-8-15-11(10-13)2-9-16(18-15)20-14-6-3-12(17)4-7-14/h2-10H,17H2,1H3. The minimum Gasteiger partial charge on any atom is -0.497 e. The fourth-order valence-electron chi connectivity index (χ4n) is 1.93. The van der Waals surface area contributed by atoms with Gasteiger partial charge in [0.05, 0.1) is 12.6 Å². The van der Waals surface area contributed by atoms with E-state index in [1.165, 1.54) is 0 Å². The van der Waals surface area contributed by atoms with Crippen molar-refractivity contribution in [2.75, 3.05) is 12.8 Å². The van der Waals surface area contributed by atoms with Crippen LogP contribution in [0.4, 0.5) is 5.69 Å². The molecule has 0 bridgehead atoms. The van der Waals surface area contributed by atoms with Gasteiger partial charge in [0.1, 0.15) is 10.8 Å². The largest absolute Gasteiger partial charge is 0.497 e. The second kappa shape index (κ2) is 5.43. The number of rotatable bonds is 3. The van der Waals surface area contributed by atoms with Crippen LogP contribution in [0.25, 0.3) is 10.9 Å². The molecule has 0 aliphatic heterocycles. The summed E-state index contributed by atoms with van der Waals surface area (Å²) in [5, 5.41) is 2.04. The van der Waals surface area contributed by atoms with Gasteiger partial charge in [-0.3, -0.25) is 0 Å². The molecule has 0 amide bonds. The fourth-order valence-corrected chi connectivity index (χ4v) is 2.72. The molecule has 2 N–H and O–H groups in total. The highest BCUT2D eigenvalue weighted by atomic mass is 32.2. The van der Waals surface area contributed by atoms with Crippen LogP contribution >= 0.6 is 11.8 Å². The van der Waals surface area contributed by atoms with E-state index in [4.69, 9.17) is 10.5 Å². The number of nitrogen functional groups attached to an aromatic ring is 1. The summed E-state index contributed by atoms with van der Waals surface area (Å²) < 4.78 is 5.21. The highest BCUT2D eigenvalue weighted by molar-refractivity contribution is 7.99. The zero-order chi connectivity index (χ0) is 13.9. The van der Waals surface area contributed by atoms with Crippen molar-refractivity contribution in [2.45, 2.75) is 9.92 Å². The Morgan fingerprint density at radius 1 is 1.00 bits per heavy atom. The smallest absolute Gasteiger partial charge is 0.119 e. The molecular weight excluding hydrogens is 268 g/mol. The van der Waals surface area contributed by atoms with E-state index >= 15 is 0 Å². The van der Waals surface area contributed by atoms with E-state index in [0.717, 1.165) is 32.3 Å². The van der Waals surface area contributed by atoms with Gasteiger partial charge in [-0.15, -0.1) is 0 Å². The van der Waals surface area contributed by atoms with Crippen molar-refractivity contribution >= 4 is 28.4 Å². The van der Waals surface area contributed by atoms with Gasteiger partial charge in [-0.2, -0.15) is 0 Å². The Balaban J connectivity index is 1.90. The third-order valence-electron chi connectivity index (χ3n) is 2.97. The molecule has 3 rings (SSSR count). The Hall–Kier alpha value is -2.20. The van der Waals surface area contributed by atoms with Crippen molar-refractivity contribution in [3.63, 3.8) is 0 Å². The lowest BCUT2D eigenvalue weighted by molar-refractivity contribution is 0.415. The number of anilines is 1. The lowest BCUT2D eigenvalue weighted by Gasteiger charge is -2.05. The minimum absolute atomic E-state index is 0.771. The molecule has 20 heavy (non-hydrogen) atoms. The SMILES string of the molecule is COc1ccc2nc(Sc3ccc(N)cc3)ccc2c1. The molecule has 0 unspecified atom stereocenters. The molecule has 0 radical (unpaired) electrons. The Labute approximate surface area is 121 Å². The molecule has 0 atom stereocenters. The number of nitrogens with two attached hydrogens (primary N) is 1. The lowest BCUT2D eigenvalue weighted by Crippen LogP contribution is -1.86. The number of methoxy groups -OCH3 is 1. The molecule has 100 valence electrons. The third kappa shape index (κ3) is 2.70. The van der Waals surface area contributed by atoms with Crippen LogP contribution in [-0.2, 0) is 0 Å². The van der Waals surface area contributed by atoms with Crippen molar-refractivity contribution in [3.05, 3.63) is 54.6 Å². The maximum atomic E-state index is 5.69. The number of ether oxygens (including phenoxy) is 1. The molecular formula is C16H14N2OS. The van der Waals surface area contributed by atoms with E-state index in [1.54, 1.807) is 18.9 Å². The summed E-state index contributed by atoms with van der Waals surface area (Å²) in [5.74, 6) is 0.846. The maximum Gasteiger partial charge on any atom is 0.119 e. The summed E-state index contributed by atoms with van der Waals surface area (Å²) in [5.41, 5.74) is 7.42. The molecule has 2 aromatic carbocycles. The second-order valence-electron chi connectivity index (χ2n) is 4.38. The molecule has 4 heteroatoms. The van der Waals surface area contributed by atoms with Crippen LogP contribution in [0.2, 0.25) is 0 Å². The first kappa shape index (κ1) is 12.8. The maximum absolute atomic E-state index is 5.69. The van der Waals surface area contributed by atoms with Crippen molar-refractivity contribution in [1.29, 1.82) is 0 Å². The molecule has 0 saturated carbocycles. The highest BCUT2D eigenvalue weighted by Gasteiger charge is 2.02. The van der Waals surface area contributed by atoms with Gasteiger partial charge in [-0.1, -0.05) is 11.8 Å². The van der Waals surface area contributed by atoms with Gasteiger partial charge in [-0.05, 0) is 54.6 Å². The number of nitrogens with zero attached hydrogens (tertiary/aromatic N) is 1. The fraction of sp³-hybridized carbons (Fsp3) is 0.0625. The summed E-state index contributed by atoms with van der Waals surface area (Å²) >= 11 is 1.62. The van der Waals surface area contributed by atoms with E-state index < -0.39 is 0 Å². The van der Waals surface area contributed by atoms with Gasteiger partial charge in [0.2, 0.25) is 0 Å². The van der Waals surface area contributed by atoms with E-state index in [1.807, 2.05) is 48.5 Å². The van der Waals surface area contributed by atoms with Crippen LogP contribution in [0, 0.1) is 0 Å². The average molecular weight is 282 g/mol. The van der Waals surface area contributed by atoms with E-state index in [9.17, 15) is 0 Å². The van der Waals surface area contributed by atoms with Gasteiger partial charge >= 0.3 is 0 Å². The Morgan fingerprint density at radius 2 is 1.80 bits per heavy atom. The zero-order valence-electron chi connectivity index (χ0n) is 11.0. The van der Waals surface area contributed by atoms with Crippen molar-refractivity contribution in [2.24, 2.45) is 0 Å². The van der Waals surface area contributed by atoms with Crippen LogP contribution in [0.3, 0.4) is 0 Å². The third-order valence-corrected chi connectivity index (χ3v) is 3.92. The summed E-state index contributed by atoms with van der Waals surface area (Å²) in [6.07, 6.45) is 0. The van der Waals surface area contributed by atoms with Crippen LogP contribution in [0.15, 0.2) is 64.5 Å². The zero-order valence-corrected chi connectivity index (χ0v) is 11.9. The Kier molecular flexibility index (Phi) is 3.48.